The first-order valence-electron chi connectivity index (χ1n) is 11.6. The maximum Gasteiger partial charge on any atom is 0.255 e. The van der Waals surface area contributed by atoms with Crippen LogP contribution >= 0.6 is 0 Å². The fourth-order valence-corrected chi connectivity index (χ4v) is 6.08. The number of amides is 1. The van der Waals surface area contributed by atoms with E-state index in [-0.39, 0.29) is 17.7 Å². The first-order chi connectivity index (χ1) is 15.2. The Morgan fingerprint density at radius 3 is 2.58 bits per heavy atom. The molecule has 1 saturated carbocycles. The van der Waals surface area contributed by atoms with Gasteiger partial charge in [0.2, 0.25) is 0 Å². The Hall–Kier alpha value is -1.78. The Balaban J connectivity index is 1.84. The second-order valence-corrected chi connectivity index (χ2v) is 19.1. The summed E-state index contributed by atoms with van der Waals surface area (Å²) in [4.78, 5) is 22.7. The van der Waals surface area contributed by atoms with Gasteiger partial charge in [0.05, 0.1) is 23.2 Å². The third-order valence-electron chi connectivity index (χ3n) is 6.20. The molecule has 0 unspecified atom stereocenters. The monoisotopic (exact) mass is 494 g/mol. The molecule has 1 N–H and O–H groups in total. The van der Waals surface area contributed by atoms with E-state index >= 15 is 0 Å². The molecule has 0 bridgehead atoms. The molecule has 33 heavy (non-hydrogen) atoms. The molecular weight excluding hydrogens is 456 g/mol. The molecule has 2 aromatic heterocycles. The molecule has 0 saturated heterocycles. The van der Waals surface area contributed by atoms with Crippen LogP contribution in [0.2, 0.25) is 25.7 Å². The van der Waals surface area contributed by atoms with E-state index in [1.165, 1.54) is 6.26 Å². The summed E-state index contributed by atoms with van der Waals surface area (Å²) >= 11 is 0. The highest BCUT2D eigenvalue weighted by atomic mass is 32.2. The molecule has 0 spiro atoms. The third kappa shape index (κ3) is 7.10. The standard InChI is InChI=1S/C23H38N4O4SSi/c1-16(23(2,3)14-32(4,29)30)25-22(28)18-13-27(15-31-10-11-33(5,6)7)21-20(18)26-19(12-24-21)17-8-9-17/h12-13,16-17H,8-11,14-15H2,1-7H3,(H,25,28)/t16-/m0/s1. The number of fused-ring (bicyclic) bond motifs is 1. The van der Waals surface area contributed by atoms with Crippen LogP contribution in [0.3, 0.4) is 0 Å². The summed E-state index contributed by atoms with van der Waals surface area (Å²) in [6.07, 6.45) is 6.96. The van der Waals surface area contributed by atoms with E-state index in [0.29, 0.717) is 36.0 Å². The highest BCUT2D eigenvalue weighted by molar-refractivity contribution is 7.90. The van der Waals surface area contributed by atoms with Crippen molar-refractivity contribution in [2.45, 2.75) is 78.0 Å². The van der Waals surface area contributed by atoms with E-state index < -0.39 is 23.3 Å². The fraction of sp³-hybridized carbons (Fsp3) is 0.696. The molecule has 1 atom stereocenters. The number of aromatic nitrogens is 3. The third-order valence-corrected chi connectivity index (χ3v) is 9.18. The average molecular weight is 495 g/mol. The summed E-state index contributed by atoms with van der Waals surface area (Å²) in [7, 11) is -4.38. The first kappa shape index (κ1) is 25.8. The molecule has 0 aliphatic heterocycles. The number of carbonyl (C=O) groups is 1. The van der Waals surface area contributed by atoms with Gasteiger partial charge < -0.3 is 14.6 Å². The molecule has 0 aromatic carbocycles. The van der Waals surface area contributed by atoms with Crippen LogP contribution in [0.25, 0.3) is 11.2 Å². The van der Waals surface area contributed by atoms with Gasteiger partial charge in [-0.25, -0.2) is 18.4 Å². The second kappa shape index (κ2) is 9.46. The molecule has 184 valence electrons. The Kier molecular flexibility index (Phi) is 7.41. The van der Waals surface area contributed by atoms with Crippen molar-refractivity contribution in [1.82, 2.24) is 19.9 Å². The van der Waals surface area contributed by atoms with Crippen LogP contribution in [0.1, 0.15) is 55.6 Å². The van der Waals surface area contributed by atoms with E-state index in [1.54, 1.807) is 12.4 Å². The van der Waals surface area contributed by atoms with Gasteiger partial charge in [0, 0.05) is 39.1 Å². The minimum Gasteiger partial charge on any atom is -0.361 e. The minimum atomic E-state index is -3.18. The quantitative estimate of drug-likeness (QED) is 0.376. The Labute approximate surface area is 198 Å². The fourth-order valence-electron chi connectivity index (χ4n) is 3.72. The first-order valence-corrected chi connectivity index (χ1v) is 17.4. The number of nitrogens with one attached hydrogen (secondary N) is 1. The van der Waals surface area contributed by atoms with Crippen LogP contribution in [-0.2, 0) is 21.3 Å². The van der Waals surface area contributed by atoms with Gasteiger partial charge in [0.15, 0.2) is 5.65 Å². The van der Waals surface area contributed by atoms with E-state index in [1.807, 2.05) is 25.3 Å². The van der Waals surface area contributed by atoms with Crippen LogP contribution < -0.4 is 5.32 Å². The summed E-state index contributed by atoms with van der Waals surface area (Å²) in [5, 5.41) is 3.00. The lowest BCUT2D eigenvalue weighted by Gasteiger charge is -2.31. The minimum absolute atomic E-state index is 0.0141. The van der Waals surface area contributed by atoms with Gasteiger partial charge in [-0.3, -0.25) is 4.79 Å². The van der Waals surface area contributed by atoms with E-state index in [2.05, 4.69) is 29.9 Å². The number of nitrogens with zero attached hydrogens (tertiary/aromatic N) is 3. The smallest absolute Gasteiger partial charge is 0.255 e. The highest BCUT2D eigenvalue weighted by Gasteiger charge is 2.32. The zero-order valence-corrected chi connectivity index (χ0v) is 22.8. The number of rotatable bonds is 11. The van der Waals surface area contributed by atoms with Crippen molar-refractivity contribution in [2.24, 2.45) is 5.41 Å². The molecule has 2 aromatic rings. The molecule has 8 nitrogen and oxygen atoms in total. The zero-order valence-electron chi connectivity index (χ0n) is 20.9. The van der Waals surface area contributed by atoms with Gasteiger partial charge >= 0.3 is 0 Å². The van der Waals surface area contributed by atoms with Gasteiger partial charge in [0.25, 0.3) is 5.91 Å². The molecule has 10 heteroatoms. The molecule has 3 rings (SSSR count). The summed E-state index contributed by atoms with van der Waals surface area (Å²) in [6.45, 7) is 13.4. The van der Waals surface area contributed by atoms with Crippen molar-refractivity contribution < 1.29 is 17.9 Å². The maximum absolute atomic E-state index is 13.3. The van der Waals surface area contributed by atoms with Gasteiger partial charge in [-0.2, -0.15) is 0 Å². The number of hydrogen-bond acceptors (Lipinski definition) is 6. The van der Waals surface area contributed by atoms with Crippen LogP contribution in [0.4, 0.5) is 0 Å². The van der Waals surface area contributed by atoms with E-state index in [4.69, 9.17) is 9.72 Å². The average Bonchev–Trinajstić information content (AvgIpc) is 3.44. The van der Waals surface area contributed by atoms with Crippen molar-refractivity contribution in [1.29, 1.82) is 0 Å². The Bertz CT molecular complexity index is 1120. The van der Waals surface area contributed by atoms with Gasteiger partial charge in [0.1, 0.15) is 22.1 Å². The number of sulfone groups is 1. The van der Waals surface area contributed by atoms with Crippen molar-refractivity contribution >= 4 is 35.0 Å². The van der Waals surface area contributed by atoms with E-state index in [0.717, 1.165) is 24.6 Å². The second-order valence-electron chi connectivity index (χ2n) is 11.4. The molecule has 1 aliphatic carbocycles. The van der Waals surface area contributed by atoms with Crippen LogP contribution in [-0.4, -0.2) is 61.6 Å². The van der Waals surface area contributed by atoms with Crippen molar-refractivity contribution in [3.05, 3.63) is 23.7 Å². The van der Waals surface area contributed by atoms with Crippen LogP contribution in [0.15, 0.2) is 12.4 Å². The zero-order chi connectivity index (χ0) is 24.6. The van der Waals surface area contributed by atoms with Gasteiger partial charge in [-0.15, -0.1) is 0 Å². The predicted octanol–water partition coefficient (Wildman–Crippen LogP) is 3.81. The van der Waals surface area contributed by atoms with Crippen molar-refractivity contribution in [2.75, 3.05) is 18.6 Å². The lowest BCUT2D eigenvalue weighted by atomic mass is 9.87. The van der Waals surface area contributed by atoms with Crippen LogP contribution in [0, 0.1) is 5.41 Å². The molecular formula is C23H38N4O4SSi. The Morgan fingerprint density at radius 2 is 2.00 bits per heavy atom. The molecule has 2 heterocycles. The summed E-state index contributed by atoms with van der Waals surface area (Å²) in [6, 6.07) is 0.704. The summed E-state index contributed by atoms with van der Waals surface area (Å²) in [5.74, 6) is 0.124. The molecule has 1 fully saturated rings. The molecule has 1 aliphatic rings. The maximum atomic E-state index is 13.3. The molecule has 1 amide bonds. The lowest BCUT2D eigenvalue weighted by molar-refractivity contribution is 0.0883. The number of hydrogen-bond donors (Lipinski definition) is 1. The van der Waals surface area contributed by atoms with Crippen molar-refractivity contribution in [3.8, 4) is 0 Å². The highest BCUT2D eigenvalue weighted by Crippen LogP contribution is 2.39. The van der Waals surface area contributed by atoms with Gasteiger partial charge in [-0.05, 0) is 31.2 Å². The summed E-state index contributed by atoms with van der Waals surface area (Å²) < 4.78 is 31.4. The van der Waals surface area contributed by atoms with Gasteiger partial charge in [-0.1, -0.05) is 33.5 Å². The largest absolute Gasteiger partial charge is 0.361 e. The Morgan fingerprint density at radius 1 is 1.33 bits per heavy atom. The van der Waals surface area contributed by atoms with Crippen LogP contribution in [0.5, 0.6) is 0 Å². The topological polar surface area (TPSA) is 103 Å². The number of carbonyl (C=O) groups excluding carboxylic acids is 1. The van der Waals surface area contributed by atoms with Crippen molar-refractivity contribution in [3.63, 3.8) is 0 Å². The SMILES string of the molecule is C[C@H](NC(=O)c1cn(COCC[Si](C)(C)C)c2ncc(C3CC3)nc12)C(C)(C)CS(C)(=O)=O. The van der Waals surface area contributed by atoms with E-state index in [9.17, 15) is 13.2 Å². The predicted molar refractivity (Wildman–Crippen MR) is 134 cm³/mol. The summed E-state index contributed by atoms with van der Waals surface area (Å²) in [5.41, 5.74) is 1.93. The number of ether oxygens (including phenoxy) is 1. The normalized spacial score (nSPS) is 16.2. The lowest BCUT2D eigenvalue weighted by Crippen LogP contribution is -2.46. The molecule has 0 radical (unpaired) electrons.